The van der Waals surface area contributed by atoms with Gasteiger partial charge in [0.2, 0.25) is 0 Å². The van der Waals surface area contributed by atoms with Crippen molar-refractivity contribution in [3.63, 3.8) is 0 Å². The van der Waals surface area contributed by atoms with Gasteiger partial charge in [0.25, 0.3) is 5.91 Å². The van der Waals surface area contributed by atoms with Crippen LogP contribution >= 0.6 is 0 Å². The molecule has 7 nitrogen and oxygen atoms in total. The van der Waals surface area contributed by atoms with Crippen LogP contribution in [0.4, 0.5) is 16.2 Å². The molecule has 0 saturated carbocycles. The number of amides is 3. The number of nitrogens with zero attached hydrogens (tertiary/aromatic N) is 2. The molecule has 2 aromatic carbocycles. The molecule has 1 aliphatic rings. The van der Waals surface area contributed by atoms with Gasteiger partial charge in [-0.15, -0.1) is 0 Å². The highest BCUT2D eigenvalue weighted by molar-refractivity contribution is 5.98. The van der Waals surface area contributed by atoms with Crippen molar-refractivity contribution in [3.8, 4) is 5.75 Å². The Morgan fingerprint density at radius 2 is 1.76 bits per heavy atom. The standard InChI is InChI=1S/C22H28N4O3/c1-25(2)18-9-6-16(7-10-18)15-23-22(28)24-19-14-17(8-11-20(19)29-3)21(27)26-12-4-5-13-26/h6-11,14H,4-5,12-13,15H2,1-3H3,(H2,23,24,28). The van der Waals surface area contributed by atoms with Crippen LogP contribution in [0.5, 0.6) is 5.75 Å². The van der Waals surface area contributed by atoms with Crippen molar-refractivity contribution >= 4 is 23.3 Å². The Morgan fingerprint density at radius 3 is 2.38 bits per heavy atom. The summed E-state index contributed by atoms with van der Waals surface area (Å²) in [6, 6.07) is 12.7. The molecule has 29 heavy (non-hydrogen) atoms. The van der Waals surface area contributed by atoms with Gasteiger partial charge in [-0.1, -0.05) is 12.1 Å². The molecule has 2 N–H and O–H groups in total. The number of hydrogen-bond acceptors (Lipinski definition) is 4. The first kappa shape index (κ1) is 20.5. The minimum absolute atomic E-state index is 0.0189. The summed E-state index contributed by atoms with van der Waals surface area (Å²) in [5.74, 6) is 0.489. The second-order valence-electron chi connectivity index (χ2n) is 7.28. The summed E-state index contributed by atoms with van der Waals surface area (Å²) >= 11 is 0. The average molecular weight is 396 g/mol. The van der Waals surface area contributed by atoms with Crippen LogP contribution in [0.1, 0.15) is 28.8 Å². The maximum absolute atomic E-state index is 12.6. The molecular weight excluding hydrogens is 368 g/mol. The monoisotopic (exact) mass is 396 g/mol. The minimum Gasteiger partial charge on any atom is -0.495 e. The molecule has 0 unspecified atom stereocenters. The van der Waals surface area contributed by atoms with Gasteiger partial charge in [0, 0.05) is 45.0 Å². The lowest BCUT2D eigenvalue weighted by Gasteiger charge is -2.17. The Morgan fingerprint density at radius 1 is 1.07 bits per heavy atom. The van der Waals surface area contributed by atoms with Gasteiger partial charge < -0.3 is 25.2 Å². The molecule has 0 atom stereocenters. The van der Waals surface area contributed by atoms with E-state index >= 15 is 0 Å². The van der Waals surface area contributed by atoms with Gasteiger partial charge in [-0.3, -0.25) is 4.79 Å². The molecule has 1 heterocycles. The molecule has 0 aliphatic carbocycles. The number of rotatable bonds is 6. The number of likely N-dealkylation sites (tertiary alicyclic amines) is 1. The van der Waals surface area contributed by atoms with Crippen molar-refractivity contribution in [2.45, 2.75) is 19.4 Å². The lowest BCUT2D eigenvalue weighted by Crippen LogP contribution is -2.29. The SMILES string of the molecule is COc1ccc(C(=O)N2CCCC2)cc1NC(=O)NCc1ccc(N(C)C)cc1. The van der Waals surface area contributed by atoms with Crippen molar-refractivity contribution in [2.24, 2.45) is 0 Å². The normalized spacial score (nSPS) is 13.1. The number of nitrogens with one attached hydrogen (secondary N) is 2. The summed E-state index contributed by atoms with van der Waals surface area (Å²) in [5.41, 5.74) is 3.11. The van der Waals surface area contributed by atoms with E-state index in [1.165, 1.54) is 7.11 Å². The van der Waals surface area contributed by atoms with E-state index in [2.05, 4.69) is 10.6 Å². The van der Waals surface area contributed by atoms with Crippen LogP contribution in [0.15, 0.2) is 42.5 Å². The second-order valence-corrected chi connectivity index (χ2v) is 7.28. The molecule has 0 aromatic heterocycles. The van der Waals surface area contributed by atoms with Gasteiger partial charge in [-0.05, 0) is 48.7 Å². The fraction of sp³-hybridized carbons (Fsp3) is 0.364. The molecule has 7 heteroatoms. The van der Waals surface area contributed by atoms with Crippen molar-refractivity contribution in [3.05, 3.63) is 53.6 Å². The zero-order valence-electron chi connectivity index (χ0n) is 17.2. The van der Waals surface area contributed by atoms with Crippen LogP contribution in [0, 0.1) is 0 Å². The van der Waals surface area contributed by atoms with E-state index in [4.69, 9.17) is 4.74 Å². The lowest BCUT2D eigenvalue weighted by molar-refractivity contribution is 0.0793. The Bertz CT molecular complexity index is 859. The second kappa shape index (κ2) is 9.32. The summed E-state index contributed by atoms with van der Waals surface area (Å²) in [7, 11) is 5.50. The Hall–Kier alpha value is -3.22. The fourth-order valence-electron chi connectivity index (χ4n) is 3.30. The number of methoxy groups -OCH3 is 1. The number of ether oxygens (including phenoxy) is 1. The average Bonchev–Trinajstić information content (AvgIpc) is 3.27. The minimum atomic E-state index is -0.356. The Balaban J connectivity index is 1.63. The summed E-state index contributed by atoms with van der Waals surface area (Å²) in [5, 5.41) is 5.63. The smallest absolute Gasteiger partial charge is 0.319 e. The zero-order valence-corrected chi connectivity index (χ0v) is 17.2. The molecule has 154 valence electrons. The van der Waals surface area contributed by atoms with Crippen molar-refractivity contribution in [1.29, 1.82) is 0 Å². The topological polar surface area (TPSA) is 73.9 Å². The number of carbonyl (C=O) groups excluding carboxylic acids is 2. The largest absolute Gasteiger partial charge is 0.495 e. The van der Waals surface area contributed by atoms with Gasteiger partial charge in [-0.2, -0.15) is 0 Å². The number of anilines is 2. The summed E-state index contributed by atoms with van der Waals surface area (Å²) in [4.78, 5) is 28.9. The number of urea groups is 1. The molecule has 3 amide bonds. The predicted molar refractivity (Wildman–Crippen MR) is 115 cm³/mol. The number of hydrogen-bond donors (Lipinski definition) is 2. The van der Waals surface area contributed by atoms with Gasteiger partial charge in [0.1, 0.15) is 5.75 Å². The summed E-state index contributed by atoms with van der Waals surface area (Å²) in [6.45, 7) is 1.95. The van der Waals surface area contributed by atoms with E-state index in [-0.39, 0.29) is 11.9 Å². The molecule has 3 rings (SSSR count). The molecule has 2 aromatic rings. The van der Waals surface area contributed by atoms with E-state index < -0.39 is 0 Å². The summed E-state index contributed by atoms with van der Waals surface area (Å²) < 4.78 is 5.33. The molecular formula is C22H28N4O3. The van der Waals surface area contributed by atoms with Crippen molar-refractivity contribution in [1.82, 2.24) is 10.2 Å². The van der Waals surface area contributed by atoms with E-state index in [0.29, 0.717) is 23.5 Å². The van der Waals surface area contributed by atoms with E-state index in [9.17, 15) is 9.59 Å². The Labute approximate surface area is 171 Å². The van der Waals surface area contributed by atoms with Gasteiger partial charge in [0.05, 0.1) is 12.8 Å². The Kier molecular flexibility index (Phi) is 6.59. The third-order valence-corrected chi connectivity index (χ3v) is 4.99. The van der Waals surface area contributed by atoms with E-state index in [1.807, 2.05) is 48.2 Å². The van der Waals surface area contributed by atoms with Crippen LogP contribution in [-0.4, -0.2) is 51.1 Å². The third-order valence-electron chi connectivity index (χ3n) is 4.99. The maximum Gasteiger partial charge on any atom is 0.319 e. The highest BCUT2D eigenvalue weighted by Crippen LogP contribution is 2.26. The molecule has 0 radical (unpaired) electrons. The molecule has 1 saturated heterocycles. The van der Waals surface area contributed by atoms with E-state index in [1.54, 1.807) is 18.2 Å². The zero-order chi connectivity index (χ0) is 20.8. The van der Waals surface area contributed by atoms with Crippen LogP contribution in [0.2, 0.25) is 0 Å². The first-order valence-corrected chi connectivity index (χ1v) is 9.76. The number of benzene rings is 2. The third kappa shape index (κ3) is 5.19. The van der Waals surface area contributed by atoms with Gasteiger partial charge in [0.15, 0.2) is 0 Å². The highest BCUT2D eigenvalue weighted by atomic mass is 16.5. The van der Waals surface area contributed by atoms with Crippen LogP contribution in [-0.2, 0) is 6.54 Å². The molecule has 1 aliphatic heterocycles. The highest BCUT2D eigenvalue weighted by Gasteiger charge is 2.21. The maximum atomic E-state index is 12.6. The quantitative estimate of drug-likeness (QED) is 0.786. The lowest BCUT2D eigenvalue weighted by atomic mass is 10.1. The molecule has 0 bridgehead atoms. The van der Waals surface area contributed by atoms with Crippen molar-refractivity contribution in [2.75, 3.05) is 44.5 Å². The summed E-state index contributed by atoms with van der Waals surface area (Å²) in [6.07, 6.45) is 2.07. The van der Waals surface area contributed by atoms with Crippen LogP contribution < -0.4 is 20.3 Å². The molecule has 0 spiro atoms. The first-order chi connectivity index (χ1) is 14.0. The number of carbonyl (C=O) groups is 2. The van der Waals surface area contributed by atoms with Gasteiger partial charge in [-0.25, -0.2) is 4.79 Å². The van der Waals surface area contributed by atoms with Crippen LogP contribution in [0.3, 0.4) is 0 Å². The van der Waals surface area contributed by atoms with Crippen molar-refractivity contribution < 1.29 is 14.3 Å². The fourth-order valence-corrected chi connectivity index (χ4v) is 3.30. The predicted octanol–water partition coefficient (Wildman–Crippen LogP) is 3.32. The molecule has 1 fully saturated rings. The first-order valence-electron chi connectivity index (χ1n) is 9.76. The van der Waals surface area contributed by atoms with Gasteiger partial charge >= 0.3 is 6.03 Å². The van der Waals surface area contributed by atoms with E-state index in [0.717, 1.165) is 37.2 Å². The van der Waals surface area contributed by atoms with Crippen LogP contribution in [0.25, 0.3) is 0 Å².